The molecule has 0 bridgehead atoms. The maximum absolute atomic E-state index is 12.2. The van der Waals surface area contributed by atoms with Crippen LogP contribution in [0.4, 0.5) is 0 Å². The molecule has 0 saturated heterocycles. The lowest BCUT2D eigenvalue weighted by atomic mass is 9.81. The smallest absolute Gasteiger partial charge is 0.222 e. The highest BCUT2D eigenvalue weighted by Gasteiger charge is 2.24. The molecule has 1 aromatic rings. The Morgan fingerprint density at radius 2 is 2.33 bits per heavy atom. The number of amides is 1. The van der Waals surface area contributed by atoms with Gasteiger partial charge in [0, 0.05) is 20.0 Å². The number of rotatable bonds is 5. The van der Waals surface area contributed by atoms with Gasteiger partial charge in [-0.25, -0.2) is 0 Å². The quantitative estimate of drug-likeness (QED) is 0.836. The first-order chi connectivity index (χ1) is 10.2. The summed E-state index contributed by atoms with van der Waals surface area (Å²) in [6, 6.07) is 8.24. The number of ether oxygens (including phenoxy) is 1. The third-order valence-corrected chi connectivity index (χ3v) is 4.19. The highest BCUT2D eigenvalue weighted by molar-refractivity contribution is 5.77. The van der Waals surface area contributed by atoms with Gasteiger partial charge in [0.2, 0.25) is 5.91 Å². The molecule has 0 heterocycles. The Labute approximate surface area is 126 Å². The molecule has 1 aliphatic rings. The summed E-state index contributed by atoms with van der Waals surface area (Å²) in [4.78, 5) is 13.9. The molecule has 2 rings (SSSR count). The summed E-state index contributed by atoms with van der Waals surface area (Å²) in [5.41, 5.74) is 2.59. The Hall–Kier alpha value is -2.02. The van der Waals surface area contributed by atoms with Crippen LogP contribution in [0.2, 0.25) is 0 Å². The van der Waals surface area contributed by atoms with E-state index in [1.807, 2.05) is 6.07 Å². The zero-order valence-electron chi connectivity index (χ0n) is 12.8. The van der Waals surface area contributed by atoms with E-state index in [4.69, 9.17) is 10.00 Å². The molecule has 1 amide bonds. The lowest BCUT2D eigenvalue weighted by Gasteiger charge is -2.27. The first kappa shape index (κ1) is 15.4. The molecule has 0 saturated carbocycles. The minimum Gasteiger partial charge on any atom is -0.497 e. The third-order valence-electron chi connectivity index (χ3n) is 4.19. The van der Waals surface area contributed by atoms with Crippen molar-refractivity contribution in [3.05, 3.63) is 29.3 Å². The topological polar surface area (TPSA) is 53.3 Å². The molecule has 0 N–H and O–H groups in total. The minimum absolute atomic E-state index is 0.124. The van der Waals surface area contributed by atoms with E-state index < -0.39 is 0 Å². The summed E-state index contributed by atoms with van der Waals surface area (Å²) < 4.78 is 5.27. The SMILES string of the molecule is COc1ccc2c(c1)CCCC2CC(=O)N(C)CCC#N. The highest BCUT2D eigenvalue weighted by Crippen LogP contribution is 2.36. The van der Waals surface area contributed by atoms with Gasteiger partial charge in [0.25, 0.3) is 0 Å². The molecular weight excluding hydrogens is 264 g/mol. The van der Waals surface area contributed by atoms with Crippen molar-refractivity contribution in [3.8, 4) is 11.8 Å². The molecule has 1 aliphatic carbocycles. The molecule has 0 aromatic heterocycles. The summed E-state index contributed by atoms with van der Waals surface area (Å²) in [7, 11) is 3.45. The Morgan fingerprint density at radius 1 is 1.52 bits per heavy atom. The van der Waals surface area contributed by atoms with Crippen LogP contribution in [0.3, 0.4) is 0 Å². The lowest BCUT2D eigenvalue weighted by Crippen LogP contribution is -2.29. The summed E-state index contributed by atoms with van der Waals surface area (Å²) in [6.07, 6.45) is 4.14. The number of fused-ring (bicyclic) bond motifs is 1. The number of carbonyl (C=O) groups excluding carboxylic acids is 1. The van der Waals surface area contributed by atoms with E-state index in [-0.39, 0.29) is 11.8 Å². The van der Waals surface area contributed by atoms with Gasteiger partial charge < -0.3 is 9.64 Å². The van der Waals surface area contributed by atoms with Gasteiger partial charge >= 0.3 is 0 Å². The zero-order chi connectivity index (χ0) is 15.2. The number of hydrogen-bond acceptors (Lipinski definition) is 3. The van der Waals surface area contributed by atoms with Crippen LogP contribution in [-0.4, -0.2) is 31.5 Å². The lowest BCUT2D eigenvalue weighted by molar-refractivity contribution is -0.130. The summed E-state index contributed by atoms with van der Waals surface area (Å²) in [6.45, 7) is 0.511. The molecule has 0 spiro atoms. The third kappa shape index (κ3) is 3.75. The second-order valence-corrected chi connectivity index (χ2v) is 5.58. The standard InChI is InChI=1S/C17H22N2O2/c1-19(10-4-9-18)17(20)12-14-6-3-5-13-11-15(21-2)7-8-16(13)14/h7-8,11,14H,3-6,10,12H2,1-2H3. The maximum atomic E-state index is 12.2. The molecule has 4 nitrogen and oxygen atoms in total. The van der Waals surface area contributed by atoms with Crippen LogP contribution in [0.25, 0.3) is 0 Å². The number of benzene rings is 1. The first-order valence-electron chi connectivity index (χ1n) is 7.43. The van der Waals surface area contributed by atoms with Crippen LogP contribution in [-0.2, 0) is 11.2 Å². The number of aryl methyl sites for hydroxylation is 1. The molecular formula is C17H22N2O2. The van der Waals surface area contributed by atoms with E-state index in [1.165, 1.54) is 11.1 Å². The molecule has 1 unspecified atom stereocenters. The second-order valence-electron chi connectivity index (χ2n) is 5.58. The largest absolute Gasteiger partial charge is 0.497 e. The summed E-state index contributed by atoms with van der Waals surface area (Å²) in [5, 5.41) is 8.60. The first-order valence-corrected chi connectivity index (χ1v) is 7.43. The van der Waals surface area contributed by atoms with Crippen molar-refractivity contribution in [2.75, 3.05) is 20.7 Å². The van der Waals surface area contributed by atoms with E-state index >= 15 is 0 Å². The van der Waals surface area contributed by atoms with E-state index in [9.17, 15) is 4.79 Å². The maximum Gasteiger partial charge on any atom is 0.222 e. The fourth-order valence-electron chi connectivity index (χ4n) is 2.94. The molecule has 0 radical (unpaired) electrons. The van der Waals surface area contributed by atoms with Crippen LogP contribution in [0.15, 0.2) is 18.2 Å². The van der Waals surface area contributed by atoms with E-state index in [2.05, 4.69) is 18.2 Å². The normalized spacial score (nSPS) is 16.7. The molecule has 4 heteroatoms. The average Bonchev–Trinajstić information content (AvgIpc) is 2.52. The highest BCUT2D eigenvalue weighted by atomic mass is 16.5. The van der Waals surface area contributed by atoms with Gasteiger partial charge in [-0.1, -0.05) is 6.07 Å². The summed E-state index contributed by atoms with van der Waals surface area (Å²) >= 11 is 0. The number of methoxy groups -OCH3 is 1. The monoisotopic (exact) mass is 286 g/mol. The van der Waals surface area contributed by atoms with E-state index in [1.54, 1.807) is 19.1 Å². The van der Waals surface area contributed by atoms with E-state index in [0.717, 1.165) is 25.0 Å². The molecule has 0 aliphatic heterocycles. The number of nitrogens with zero attached hydrogens (tertiary/aromatic N) is 2. The molecule has 1 aromatic carbocycles. The fourth-order valence-corrected chi connectivity index (χ4v) is 2.94. The Morgan fingerprint density at radius 3 is 3.05 bits per heavy atom. The van der Waals surface area contributed by atoms with Crippen molar-refractivity contribution in [1.29, 1.82) is 5.26 Å². The van der Waals surface area contributed by atoms with E-state index in [0.29, 0.717) is 19.4 Å². The van der Waals surface area contributed by atoms with Crippen LogP contribution in [0.5, 0.6) is 5.75 Å². The van der Waals surface area contributed by atoms with Crippen molar-refractivity contribution >= 4 is 5.91 Å². The van der Waals surface area contributed by atoms with Crippen molar-refractivity contribution in [2.24, 2.45) is 0 Å². The number of hydrogen-bond donors (Lipinski definition) is 0. The summed E-state index contributed by atoms with van der Waals surface area (Å²) in [5.74, 6) is 1.29. The Balaban J connectivity index is 2.06. The van der Waals surface area contributed by atoms with Crippen LogP contribution in [0, 0.1) is 11.3 Å². The van der Waals surface area contributed by atoms with Crippen LogP contribution in [0.1, 0.15) is 42.7 Å². The Kier molecular flexibility index (Phi) is 5.21. The number of nitriles is 1. The van der Waals surface area contributed by atoms with Gasteiger partial charge in [-0.2, -0.15) is 5.26 Å². The van der Waals surface area contributed by atoms with Gasteiger partial charge in [-0.3, -0.25) is 4.79 Å². The predicted octanol–water partition coefficient (Wildman–Crippen LogP) is 2.88. The molecule has 112 valence electrons. The van der Waals surface area contributed by atoms with Crippen molar-refractivity contribution in [2.45, 2.75) is 38.0 Å². The number of carbonyl (C=O) groups is 1. The second kappa shape index (κ2) is 7.12. The molecule has 21 heavy (non-hydrogen) atoms. The average molecular weight is 286 g/mol. The zero-order valence-corrected chi connectivity index (χ0v) is 12.8. The molecule has 0 fully saturated rings. The van der Waals surface area contributed by atoms with Gasteiger partial charge in [0.1, 0.15) is 5.75 Å². The van der Waals surface area contributed by atoms with Crippen LogP contribution < -0.4 is 4.74 Å². The van der Waals surface area contributed by atoms with Crippen molar-refractivity contribution < 1.29 is 9.53 Å². The van der Waals surface area contributed by atoms with Crippen LogP contribution >= 0.6 is 0 Å². The van der Waals surface area contributed by atoms with Gasteiger partial charge in [-0.15, -0.1) is 0 Å². The van der Waals surface area contributed by atoms with Crippen molar-refractivity contribution in [3.63, 3.8) is 0 Å². The predicted molar refractivity (Wildman–Crippen MR) is 81.2 cm³/mol. The molecule has 1 atom stereocenters. The van der Waals surface area contributed by atoms with Gasteiger partial charge in [-0.05, 0) is 48.4 Å². The van der Waals surface area contributed by atoms with Crippen molar-refractivity contribution in [1.82, 2.24) is 4.90 Å². The Bertz CT molecular complexity index is 548. The van der Waals surface area contributed by atoms with Gasteiger partial charge in [0.15, 0.2) is 0 Å². The minimum atomic E-state index is 0.124. The van der Waals surface area contributed by atoms with Gasteiger partial charge in [0.05, 0.1) is 19.6 Å². The fraction of sp³-hybridized carbons (Fsp3) is 0.529.